The largest absolute Gasteiger partial charge is 0.477 e. The summed E-state index contributed by atoms with van der Waals surface area (Å²) in [6.07, 6.45) is 0. The Morgan fingerprint density at radius 3 is 2.69 bits per heavy atom. The van der Waals surface area contributed by atoms with Crippen molar-refractivity contribution in [2.75, 3.05) is 19.0 Å². The Morgan fingerprint density at radius 1 is 1.62 bits per heavy atom. The second kappa shape index (κ2) is 3.26. The fourth-order valence-electron chi connectivity index (χ4n) is 0.789. The molecule has 0 unspecified atom stereocenters. The maximum atomic E-state index is 10.9. The van der Waals surface area contributed by atoms with Gasteiger partial charge >= 0.3 is 11.7 Å². The zero-order valence-corrected chi connectivity index (χ0v) is 7.24. The van der Waals surface area contributed by atoms with Gasteiger partial charge in [0.05, 0.1) is 0 Å². The summed E-state index contributed by atoms with van der Waals surface area (Å²) in [5.41, 5.74) is -0.827. The summed E-state index contributed by atoms with van der Waals surface area (Å²) in [5.74, 6) is -0.858. The van der Waals surface area contributed by atoms with Crippen molar-refractivity contribution in [1.29, 1.82) is 0 Å². The average Bonchev–Trinajstić information content (AvgIpc) is 2.03. The number of carbonyl (C=O) groups is 1. The zero-order valence-electron chi connectivity index (χ0n) is 7.24. The first-order chi connectivity index (χ1) is 6.00. The summed E-state index contributed by atoms with van der Waals surface area (Å²) < 4.78 is 0. The molecule has 0 amide bonds. The van der Waals surface area contributed by atoms with Gasteiger partial charge in [-0.05, 0) is 0 Å². The Kier molecular flexibility index (Phi) is 2.32. The van der Waals surface area contributed by atoms with Crippen molar-refractivity contribution in [3.63, 3.8) is 0 Å². The third kappa shape index (κ3) is 2.05. The van der Waals surface area contributed by atoms with Crippen molar-refractivity contribution >= 4 is 11.8 Å². The molecule has 0 aliphatic rings. The molecule has 70 valence electrons. The second-order valence-electron chi connectivity index (χ2n) is 2.66. The van der Waals surface area contributed by atoms with E-state index in [0.29, 0.717) is 5.82 Å². The number of carboxylic acid groups (broad SMARTS) is 1. The minimum Gasteiger partial charge on any atom is -0.477 e. The number of nitrogens with one attached hydrogen (secondary N) is 1. The van der Waals surface area contributed by atoms with E-state index in [2.05, 4.69) is 9.97 Å². The molecule has 0 aromatic carbocycles. The first kappa shape index (κ1) is 9.24. The fourth-order valence-corrected chi connectivity index (χ4v) is 0.789. The molecule has 0 saturated carbocycles. The van der Waals surface area contributed by atoms with Gasteiger partial charge in [-0.15, -0.1) is 0 Å². The van der Waals surface area contributed by atoms with Crippen LogP contribution in [0.2, 0.25) is 0 Å². The van der Waals surface area contributed by atoms with Crippen molar-refractivity contribution in [3.05, 3.63) is 22.2 Å². The lowest BCUT2D eigenvalue weighted by atomic mass is 10.4. The topological polar surface area (TPSA) is 86.3 Å². The zero-order chi connectivity index (χ0) is 10.0. The van der Waals surface area contributed by atoms with Gasteiger partial charge in [-0.3, -0.25) is 4.98 Å². The van der Waals surface area contributed by atoms with Gasteiger partial charge in [0.25, 0.3) is 0 Å². The molecule has 1 rings (SSSR count). The highest BCUT2D eigenvalue weighted by Gasteiger charge is 2.07. The third-order valence-electron chi connectivity index (χ3n) is 1.42. The predicted molar refractivity (Wildman–Crippen MR) is 46.1 cm³/mol. The standard InChI is InChI=1S/C7H9N3O3/c1-10(2)5-3-4(6(11)12)8-7(13)9-5/h3H,1-2H3,(H,11,12)(H,8,9,13). The molecule has 1 aromatic rings. The maximum Gasteiger partial charge on any atom is 0.352 e. The van der Waals surface area contributed by atoms with E-state index in [1.165, 1.54) is 6.07 Å². The average molecular weight is 183 g/mol. The van der Waals surface area contributed by atoms with E-state index in [1.807, 2.05) is 0 Å². The molecule has 6 heteroatoms. The van der Waals surface area contributed by atoms with Crippen LogP contribution < -0.4 is 10.6 Å². The molecule has 1 heterocycles. The Morgan fingerprint density at radius 2 is 2.23 bits per heavy atom. The van der Waals surface area contributed by atoms with Crippen LogP contribution in [0.3, 0.4) is 0 Å². The van der Waals surface area contributed by atoms with Crippen molar-refractivity contribution in [3.8, 4) is 0 Å². The molecule has 6 nitrogen and oxygen atoms in total. The molecule has 0 saturated heterocycles. The highest BCUT2D eigenvalue weighted by Crippen LogP contribution is 2.04. The molecule has 0 fully saturated rings. The third-order valence-corrected chi connectivity index (χ3v) is 1.42. The van der Waals surface area contributed by atoms with Crippen LogP contribution in [0.25, 0.3) is 0 Å². The van der Waals surface area contributed by atoms with Crippen LogP contribution in [0.15, 0.2) is 10.9 Å². The van der Waals surface area contributed by atoms with Crippen molar-refractivity contribution in [1.82, 2.24) is 9.97 Å². The van der Waals surface area contributed by atoms with E-state index in [0.717, 1.165) is 0 Å². The second-order valence-corrected chi connectivity index (χ2v) is 2.66. The Bertz CT molecular complexity index is 383. The Balaban J connectivity index is 3.27. The molecular weight excluding hydrogens is 174 g/mol. The van der Waals surface area contributed by atoms with E-state index < -0.39 is 11.7 Å². The number of aromatic amines is 1. The van der Waals surface area contributed by atoms with Crippen molar-refractivity contribution < 1.29 is 9.90 Å². The smallest absolute Gasteiger partial charge is 0.352 e. The summed E-state index contributed by atoms with van der Waals surface area (Å²) in [7, 11) is 3.35. The van der Waals surface area contributed by atoms with Crippen LogP contribution in [0.5, 0.6) is 0 Å². The predicted octanol–water partition coefficient (Wildman–Crippen LogP) is -0.466. The van der Waals surface area contributed by atoms with Crippen LogP contribution in [-0.4, -0.2) is 35.1 Å². The number of anilines is 1. The van der Waals surface area contributed by atoms with Gasteiger partial charge in [0, 0.05) is 20.2 Å². The monoisotopic (exact) mass is 183 g/mol. The lowest BCUT2D eigenvalue weighted by Gasteiger charge is -2.09. The van der Waals surface area contributed by atoms with E-state index in [9.17, 15) is 9.59 Å². The quantitative estimate of drug-likeness (QED) is 0.647. The summed E-state index contributed by atoms with van der Waals surface area (Å²) in [4.78, 5) is 28.6. The van der Waals surface area contributed by atoms with E-state index >= 15 is 0 Å². The highest BCUT2D eigenvalue weighted by atomic mass is 16.4. The molecule has 0 bridgehead atoms. The Labute approximate surface area is 73.8 Å². The SMILES string of the molecule is CN(C)c1cc(C(=O)O)[nH]c(=O)n1. The molecule has 13 heavy (non-hydrogen) atoms. The lowest BCUT2D eigenvalue weighted by Crippen LogP contribution is -2.21. The number of aromatic nitrogens is 2. The van der Waals surface area contributed by atoms with Crippen molar-refractivity contribution in [2.24, 2.45) is 0 Å². The number of aromatic carboxylic acids is 1. The van der Waals surface area contributed by atoms with E-state index in [-0.39, 0.29) is 5.69 Å². The van der Waals surface area contributed by atoms with Gasteiger partial charge in [0.2, 0.25) is 0 Å². The normalized spacial score (nSPS) is 9.69. The first-order valence-electron chi connectivity index (χ1n) is 3.52. The lowest BCUT2D eigenvalue weighted by molar-refractivity contribution is 0.0690. The summed E-state index contributed by atoms with van der Waals surface area (Å²) in [6, 6.07) is 1.30. The first-order valence-corrected chi connectivity index (χ1v) is 3.52. The number of nitrogens with zero attached hydrogens (tertiary/aromatic N) is 2. The molecule has 0 aliphatic heterocycles. The van der Waals surface area contributed by atoms with Gasteiger partial charge in [-0.25, -0.2) is 9.59 Å². The van der Waals surface area contributed by atoms with Crippen LogP contribution in [-0.2, 0) is 0 Å². The maximum absolute atomic E-state index is 10.9. The van der Waals surface area contributed by atoms with Gasteiger partial charge < -0.3 is 10.0 Å². The molecule has 0 atom stereocenters. The van der Waals surface area contributed by atoms with Gasteiger partial charge in [-0.2, -0.15) is 4.98 Å². The summed E-state index contributed by atoms with van der Waals surface area (Å²) in [6.45, 7) is 0. The number of rotatable bonds is 2. The van der Waals surface area contributed by atoms with Gasteiger partial charge in [0.15, 0.2) is 0 Å². The Hall–Kier alpha value is -1.85. The molecule has 0 aliphatic carbocycles. The van der Waals surface area contributed by atoms with Gasteiger partial charge in [0.1, 0.15) is 11.5 Å². The molecular formula is C7H9N3O3. The molecule has 0 radical (unpaired) electrons. The van der Waals surface area contributed by atoms with Crippen molar-refractivity contribution in [2.45, 2.75) is 0 Å². The van der Waals surface area contributed by atoms with Crippen LogP contribution in [0, 0.1) is 0 Å². The van der Waals surface area contributed by atoms with Crippen LogP contribution in [0.4, 0.5) is 5.82 Å². The minimum atomic E-state index is -1.18. The number of carboxylic acids is 1. The molecule has 0 spiro atoms. The minimum absolute atomic E-state index is 0.163. The van der Waals surface area contributed by atoms with Crippen LogP contribution >= 0.6 is 0 Å². The number of H-pyrrole nitrogens is 1. The fraction of sp³-hybridized carbons (Fsp3) is 0.286. The summed E-state index contributed by atoms with van der Waals surface area (Å²) >= 11 is 0. The number of hydrogen-bond acceptors (Lipinski definition) is 4. The van der Waals surface area contributed by atoms with E-state index in [1.54, 1.807) is 19.0 Å². The molecule has 1 aromatic heterocycles. The number of hydrogen-bond donors (Lipinski definition) is 2. The highest BCUT2D eigenvalue weighted by molar-refractivity contribution is 5.86. The van der Waals surface area contributed by atoms with Crippen LogP contribution in [0.1, 0.15) is 10.5 Å². The van der Waals surface area contributed by atoms with E-state index in [4.69, 9.17) is 5.11 Å². The van der Waals surface area contributed by atoms with Gasteiger partial charge in [-0.1, -0.05) is 0 Å². The molecule has 2 N–H and O–H groups in total. The summed E-state index contributed by atoms with van der Waals surface area (Å²) in [5, 5.41) is 8.60.